The average Bonchev–Trinajstić information content (AvgIpc) is 1.65. The van der Waals surface area contributed by atoms with Crippen molar-refractivity contribution in [1.82, 2.24) is 0 Å². The zero-order chi connectivity index (χ0) is 5.86. The molecule has 9 heavy (non-hydrogen) atoms. The fraction of sp³-hybridized carbons (Fsp3) is 0.667. The molecule has 0 rings (SSSR count). The summed E-state index contributed by atoms with van der Waals surface area (Å²) in [7, 11) is 0. The van der Waals surface area contributed by atoms with Crippen molar-refractivity contribution in [2.75, 3.05) is 6.61 Å². The Bertz CT molecular complexity index is 78.2. The molecule has 0 saturated heterocycles. The number of rotatable bonds is 2. The smallest absolute Gasteiger partial charge is 0.334 e. The second-order valence-electron chi connectivity index (χ2n) is 1.04. The molecule has 1 atom stereocenters. The van der Waals surface area contributed by atoms with Gasteiger partial charge in [-0.15, -0.1) is 0 Å². The molecule has 0 aromatic rings. The van der Waals surface area contributed by atoms with Crippen molar-refractivity contribution in [3.8, 4) is 0 Å². The first kappa shape index (κ1) is 16.3. The maximum atomic E-state index is 9.52. The van der Waals surface area contributed by atoms with Gasteiger partial charge in [0.15, 0.2) is 6.10 Å². The predicted octanol–water partition coefficient (Wildman–Crippen LogP) is -1.58. The van der Waals surface area contributed by atoms with Crippen molar-refractivity contribution in [3.05, 3.63) is 0 Å². The summed E-state index contributed by atoms with van der Waals surface area (Å²) in [6, 6.07) is 0. The Morgan fingerprint density at radius 3 is 1.89 bits per heavy atom. The Morgan fingerprint density at radius 2 is 1.89 bits per heavy atom. The summed E-state index contributed by atoms with van der Waals surface area (Å²) in [5.41, 5.74) is 0. The van der Waals surface area contributed by atoms with Crippen LogP contribution in [0.3, 0.4) is 0 Å². The van der Waals surface area contributed by atoms with Crippen molar-refractivity contribution >= 4 is 5.97 Å². The molecule has 55 valence electrons. The van der Waals surface area contributed by atoms with Crippen LogP contribution < -0.4 is 0 Å². The molecule has 3 N–H and O–H groups in total. The van der Waals surface area contributed by atoms with Gasteiger partial charge in [0, 0.05) is 36.5 Å². The van der Waals surface area contributed by atoms with Gasteiger partial charge in [-0.3, -0.25) is 0 Å². The monoisotopic (exact) mass is 233 g/mol. The third-order valence-corrected chi connectivity index (χ3v) is 0.458. The normalized spacial score (nSPS) is 10.4. The van der Waals surface area contributed by atoms with Gasteiger partial charge in [0.1, 0.15) is 0 Å². The van der Waals surface area contributed by atoms with Gasteiger partial charge in [-0.05, 0) is 0 Å². The number of carboxylic acid groups (broad SMARTS) is 1. The summed E-state index contributed by atoms with van der Waals surface area (Å²) in [5, 5.41) is 23.7. The van der Waals surface area contributed by atoms with Crippen LogP contribution >= 0.6 is 0 Å². The second-order valence-corrected chi connectivity index (χ2v) is 1.04. The van der Waals surface area contributed by atoms with E-state index in [1.807, 2.05) is 0 Å². The van der Waals surface area contributed by atoms with Crippen LogP contribution in [0, 0.1) is 0 Å². The molecule has 4 nitrogen and oxygen atoms in total. The minimum atomic E-state index is -1.63. The van der Waals surface area contributed by atoms with E-state index in [1.165, 1.54) is 0 Å². The third-order valence-electron chi connectivity index (χ3n) is 0.458. The Hall–Kier alpha value is 0.533. The van der Waals surface area contributed by atoms with Gasteiger partial charge in [-0.25, -0.2) is 4.79 Å². The molecule has 0 amide bonds. The van der Waals surface area contributed by atoms with Gasteiger partial charge in [0.25, 0.3) is 0 Å². The summed E-state index contributed by atoms with van der Waals surface area (Å²) in [6.45, 7) is -0.727. The van der Waals surface area contributed by atoms with E-state index in [2.05, 4.69) is 0 Å². The molecular weight excluding hydrogens is 229 g/mol. The Labute approximate surface area is 75.5 Å². The van der Waals surface area contributed by atoms with E-state index >= 15 is 0 Å². The van der Waals surface area contributed by atoms with E-state index in [-0.39, 0.29) is 36.5 Å². The van der Waals surface area contributed by atoms with Gasteiger partial charge in [-0.1, -0.05) is 0 Å². The van der Waals surface area contributed by atoms with Crippen LogP contribution in [-0.4, -0.2) is 34.0 Å². The first-order chi connectivity index (χ1) is 3.18. The summed E-state index contributed by atoms with van der Waals surface area (Å²) in [4.78, 5) is 9.52. The number of aliphatic hydroxyl groups excluding tert-OH is 2. The number of hydrogen-bond acceptors (Lipinski definition) is 3. The molecule has 6 heteroatoms. The van der Waals surface area contributed by atoms with Gasteiger partial charge in [0.05, 0.1) is 6.61 Å². The van der Waals surface area contributed by atoms with Crippen LogP contribution in [-0.2, 0) is 41.3 Å². The second kappa shape index (κ2) is 8.53. The number of aliphatic carboxylic acids is 1. The summed E-state index contributed by atoms with van der Waals surface area (Å²) >= 11 is 0. The van der Waals surface area contributed by atoms with E-state index in [0.717, 1.165) is 0 Å². The van der Waals surface area contributed by atoms with E-state index in [1.54, 1.807) is 0 Å². The molecule has 0 aliphatic heterocycles. The van der Waals surface area contributed by atoms with Crippen LogP contribution in [0.15, 0.2) is 0 Å². The quantitative estimate of drug-likeness (QED) is 0.505. The Balaban J connectivity index is -0.000000180. The van der Waals surface area contributed by atoms with Crippen LogP contribution in [0.4, 0.5) is 0 Å². The number of hydrogen-bond donors (Lipinski definition) is 3. The maximum absolute atomic E-state index is 9.52. The van der Waals surface area contributed by atoms with Crippen LogP contribution in [0.1, 0.15) is 0 Å². The Morgan fingerprint density at radius 1 is 1.56 bits per heavy atom. The number of carbonyl (C=O) groups is 1. The van der Waals surface area contributed by atoms with Gasteiger partial charge < -0.3 is 15.3 Å². The average molecular weight is 235 g/mol. The van der Waals surface area contributed by atoms with Crippen LogP contribution in [0.25, 0.3) is 0 Å². The molecule has 0 fully saturated rings. The fourth-order valence-electron chi connectivity index (χ4n) is 0.0781. The van der Waals surface area contributed by atoms with E-state index in [4.69, 9.17) is 15.3 Å². The maximum Gasteiger partial charge on any atom is 0.334 e. The van der Waals surface area contributed by atoms with Crippen molar-refractivity contribution in [2.24, 2.45) is 0 Å². The van der Waals surface area contributed by atoms with Crippen molar-refractivity contribution < 1.29 is 56.7 Å². The zero-order valence-electron chi connectivity index (χ0n) is 4.54. The predicted molar refractivity (Wildman–Crippen MR) is 20.7 cm³/mol. The van der Waals surface area contributed by atoms with Gasteiger partial charge >= 0.3 is 5.97 Å². The van der Waals surface area contributed by atoms with Crippen molar-refractivity contribution in [2.45, 2.75) is 6.10 Å². The number of carboxylic acids is 1. The topological polar surface area (TPSA) is 77.8 Å². The molecular formula is C3H6CuO4Zn. The molecule has 0 aliphatic carbocycles. The van der Waals surface area contributed by atoms with Crippen molar-refractivity contribution in [1.29, 1.82) is 0 Å². The summed E-state index contributed by atoms with van der Waals surface area (Å²) < 4.78 is 0. The first-order valence-electron chi connectivity index (χ1n) is 1.70. The minimum absolute atomic E-state index is 0. The molecule has 1 unspecified atom stereocenters. The van der Waals surface area contributed by atoms with E-state index < -0.39 is 18.7 Å². The fourth-order valence-corrected chi connectivity index (χ4v) is 0.0781. The molecule has 0 aromatic heterocycles. The largest absolute Gasteiger partial charge is 0.479 e. The van der Waals surface area contributed by atoms with E-state index in [9.17, 15) is 4.79 Å². The van der Waals surface area contributed by atoms with Crippen LogP contribution in [0.5, 0.6) is 0 Å². The molecule has 0 bridgehead atoms. The molecule has 0 spiro atoms. The van der Waals surface area contributed by atoms with Crippen molar-refractivity contribution in [3.63, 3.8) is 0 Å². The molecule has 0 aromatic carbocycles. The zero-order valence-corrected chi connectivity index (χ0v) is 8.45. The van der Waals surface area contributed by atoms with Gasteiger partial charge in [-0.2, -0.15) is 0 Å². The molecule has 0 heterocycles. The molecule has 0 saturated carbocycles. The van der Waals surface area contributed by atoms with E-state index in [0.29, 0.717) is 0 Å². The SMILES string of the molecule is O=C(O)C(O)CO.[Cu].[Zn]. The summed E-state index contributed by atoms with van der Waals surface area (Å²) in [5.74, 6) is -1.40. The third kappa shape index (κ3) is 8.53. The van der Waals surface area contributed by atoms with Gasteiger partial charge in [0.2, 0.25) is 0 Å². The number of aliphatic hydroxyl groups is 2. The van der Waals surface area contributed by atoms with Crippen LogP contribution in [0.2, 0.25) is 0 Å². The Kier molecular flexibility index (Phi) is 15.4. The molecule has 0 aliphatic rings. The minimum Gasteiger partial charge on any atom is -0.479 e. The molecule has 1 radical (unpaired) electrons. The first-order valence-corrected chi connectivity index (χ1v) is 1.70. The summed E-state index contributed by atoms with van der Waals surface area (Å²) in [6.07, 6.45) is -1.63. The standard InChI is InChI=1S/C3H6O4.Cu.Zn/c4-1-2(5)3(6)7;;/h2,4-5H,1H2,(H,6,7);;.